The van der Waals surface area contributed by atoms with E-state index in [1.165, 1.54) is 30.7 Å². The Balaban J connectivity index is 0.00000318. The molecule has 0 bridgehead atoms. The molecule has 3 atom stereocenters. The molecule has 54 heavy (non-hydrogen) atoms. The zero-order valence-electron chi connectivity index (χ0n) is 32.1. The molecular formula is C40H56F5N5O4. The average molecular weight is 766 g/mol. The first kappa shape index (κ1) is 49.4. The van der Waals surface area contributed by atoms with Crippen molar-refractivity contribution in [3.63, 3.8) is 0 Å². The Morgan fingerprint density at radius 1 is 1.22 bits per heavy atom. The fraction of sp³-hybridized carbons (Fsp3) is 0.500. The first-order valence-corrected chi connectivity index (χ1v) is 17.6. The number of nitrogens with zero attached hydrogens (tertiary/aromatic N) is 3. The number of carboxylic acids is 1. The van der Waals surface area contributed by atoms with Crippen LogP contribution in [0.5, 0.6) is 5.75 Å². The molecule has 2 rings (SSSR count). The third kappa shape index (κ3) is 20.0. The molecule has 0 aliphatic heterocycles. The van der Waals surface area contributed by atoms with Crippen molar-refractivity contribution in [3.8, 4) is 18.6 Å². The van der Waals surface area contributed by atoms with Crippen molar-refractivity contribution < 1.29 is 41.4 Å². The Morgan fingerprint density at radius 3 is 2.44 bits per heavy atom. The Kier molecular flexibility index (Phi) is 24.0. The predicted molar refractivity (Wildman–Crippen MR) is 205 cm³/mol. The summed E-state index contributed by atoms with van der Waals surface area (Å²) in [5.74, 6) is -8.02. The van der Waals surface area contributed by atoms with Crippen molar-refractivity contribution in [3.05, 3.63) is 77.6 Å². The number of hydrazone groups is 1. The van der Waals surface area contributed by atoms with E-state index in [0.717, 1.165) is 63.5 Å². The minimum absolute atomic E-state index is 0.0634. The van der Waals surface area contributed by atoms with Gasteiger partial charge in [0.2, 0.25) is 0 Å². The second-order valence-corrected chi connectivity index (χ2v) is 13.1. The van der Waals surface area contributed by atoms with Gasteiger partial charge in [0.1, 0.15) is 18.6 Å². The molecule has 0 saturated heterocycles. The predicted octanol–water partition coefficient (Wildman–Crippen LogP) is 8.39. The number of ether oxygens (including phenoxy) is 1. The van der Waals surface area contributed by atoms with Gasteiger partial charge in [-0.1, -0.05) is 57.6 Å². The van der Waals surface area contributed by atoms with Crippen LogP contribution in [-0.4, -0.2) is 85.2 Å². The number of hydrogen-bond donors (Lipinski definition) is 3. The monoisotopic (exact) mass is 765 g/mol. The number of rotatable bonds is 22. The zero-order chi connectivity index (χ0) is 41.3. The third-order valence-corrected chi connectivity index (χ3v) is 7.89. The number of allylic oxidation sites excluding steroid dienone is 6. The first-order valence-electron chi connectivity index (χ1n) is 17.6. The number of aliphatic carboxylic acids is 1. The van der Waals surface area contributed by atoms with Crippen LogP contribution in [0.25, 0.3) is 0 Å². The van der Waals surface area contributed by atoms with Crippen molar-refractivity contribution >= 4 is 24.2 Å². The Bertz CT molecular complexity index is 1490. The smallest absolute Gasteiger partial charge is 0.311 e. The van der Waals surface area contributed by atoms with Gasteiger partial charge in [-0.2, -0.15) is 5.10 Å². The van der Waals surface area contributed by atoms with Crippen LogP contribution < -0.4 is 10.2 Å². The van der Waals surface area contributed by atoms with E-state index in [9.17, 15) is 31.5 Å². The van der Waals surface area contributed by atoms with Crippen molar-refractivity contribution in [2.75, 3.05) is 40.0 Å². The number of carboxylic acid groups (broad SMARTS) is 1. The fourth-order valence-electron chi connectivity index (χ4n) is 4.29. The molecule has 14 heteroatoms. The van der Waals surface area contributed by atoms with Crippen LogP contribution in [0.1, 0.15) is 72.3 Å². The lowest BCUT2D eigenvalue weighted by Crippen LogP contribution is -2.35. The lowest BCUT2D eigenvalue weighted by atomic mass is 9.82. The fourth-order valence-corrected chi connectivity index (χ4v) is 4.29. The summed E-state index contributed by atoms with van der Waals surface area (Å²) in [6.07, 6.45) is 25.2. The summed E-state index contributed by atoms with van der Waals surface area (Å²) >= 11 is 0. The number of carbonyl (C=O) groups excluding carboxylic acids is 1. The van der Waals surface area contributed by atoms with Crippen LogP contribution in [0.15, 0.2) is 65.5 Å². The molecule has 0 aromatic heterocycles. The number of alkyl halides is 3. The summed E-state index contributed by atoms with van der Waals surface area (Å²) in [5.41, 5.74) is 3.57. The highest BCUT2D eigenvalue weighted by Crippen LogP contribution is 2.33. The van der Waals surface area contributed by atoms with E-state index in [2.05, 4.69) is 41.4 Å². The molecule has 300 valence electrons. The molecule has 0 radical (unpaired) electrons. The van der Waals surface area contributed by atoms with E-state index < -0.39 is 48.1 Å². The maximum Gasteiger partial charge on any atom is 0.311 e. The third-order valence-electron chi connectivity index (χ3n) is 7.89. The summed E-state index contributed by atoms with van der Waals surface area (Å²) in [7, 11) is 2.02. The molecule has 9 nitrogen and oxygen atoms in total. The van der Waals surface area contributed by atoms with Gasteiger partial charge in [-0.25, -0.2) is 27.0 Å². The normalized spacial score (nSPS) is 16.7. The quantitative estimate of drug-likeness (QED) is 0.0271. The highest BCUT2D eigenvalue weighted by Gasteiger charge is 2.31. The van der Waals surface area contributed by atoms with Gasteiger partial charge in [0.15, 0.2) is 18.2 Å². The van der Waals surface area contributed by atoms with Gasteiger partial charge in [0.25, 0.3) is 5.92 Å². The van der Waals surface area contributed by atoms with Crippen LogP contribution in [0.3, 0.4) is 0 Å². The summed E-state index contributed by atoms with van der Waals surface area (Å²) < 4.78 is 74.9. The highest BCUT2D eigenvalue weighted by atomic mass is 19.3. The maximum atomic E-state index is 14.9. The van der Waals surface area contributed by atoms with Crippen LogP contribution >= 0.6 is 0 Å². The van der Waals surface area contributed by atoms with Crippen molar-refractivity contribution in [1.29, 1.82) is 5.41 Å². The topological polar surface area (TPSA) is 118 Å². The lowest BCUT2D eigenvalue weighted by Gasteiger charge is -2.29. The zero-order valence-corrected chi connectivity index (χ0v) is 32.1. The summed E-state index contributed by atoms with van der Waals surface area (Å²) in [5, 5.41) is 23.8. The van der Waals surface area contributed by atoms with E-state index in [1.807, 2.05) is 40.0 Å². The SMILES string of the molecule is C#C.CCC(C)C=O.CCCNN(C)CCCC1=CCC(C)(COc2c(F)cc(F)cc2C(=N)/C=C\C=C\N(CC(F)(F)CF)/N=C\C(C)C(=O)O)C=C1. The average Bonchev–Trinajstić information content (AvgIpc) is 3.15. The molecular weight excluding hydrogens is 709 g/mol. The molecule has 3 N–H and O–H groups in total. The maximum absolute atomic E-state index is 14.9. The van der Waals surface area contributed by atoms with Crippen LogP contribution in [-0.2, 0) is 9.59 Å². The largest absolute Gasteiger partial charge is 0.489 e. The highest BCUT2D eigenvalue weighted by molar-refractivity contribution is 6.08. The molecule has 0 amide bonds. The number of halogens is 5. The van der Waals surface area contributed by atoms with E-state index >= 15 is 0 Å². The first-order chi connectivity index (χ1) is 25.5. The summed E-state index contributed by atoms with van der Waals surface area (Å²) in [4.78, 5) is 20.7. The molecule has 0 saturated carbocycles. The lowest BCUT2D eigenvalue weighted by molar-refractivity contribution is -0.138. The number of hydrogen-bond acceptors (Lipinski definition) is 8. The Morgan fingerprint density at radius 2 is 1.91 bits per heavy atom. The Labute approximate surface area is 317 Å². The van der Waals surface area contributed by atoms with Gasteiger partial charge < -0.3 is 20.0 Å². The molecule has 1 aliphatic rings. The number of hydrazine groups is 1. The number of terminal acetylenes is 1. The van der Waals surface area contributed by atoms with Crippen LogP contribution in [0.2, 0.25) is 0 Å². The second kappa shape index (κ2) is 26.2. The number of aldehydes is 1. The molecule has 3 unspecified atom stereocenters. The van der Waals surface area contributed by atoms with E-state index in [1.54, 1.807) is 0 Å². The number of nitrogens with one attached hydrogen (secondary N) is 2. The van der Waals surface area contributed by atoms with Crippen LogP contribution in [0, 0.1) is 47.1 Å². The van der Waals surface area contributed by atoms with Crippen molar-refractivity contribution in [1.82, 2.24) is 15.4 Å². The van der Waals surface area contributed by atoms with Gasteiger partial charge in [-0.05, 0) is 57.2 Å². The van der Waals surface area contributed by atoms with Gasteiger partial charge in [0.05, 0.1) is 18.2 Å². The number of carbonyl (C=O) groups is 2. The second-order valence-electron chi connectivity index (χ2n) is 13.1. The molecule has 0 spiro atoms. The van der Waals surface area contributed by atoms with Crippen molar-refractivity contribution in [2.45, 2.75) is 72.6 Å². The molecule has 1 aromatic rings. The molecule has 0 fully saturated rings. The minimum atomic E-state index is -3.75. The summed E-state index contributed by atoms with van der Waals surface area (Å²) in [6.45, 7) is 8.04. The van der Waals surface area contributed by atoms with E-state index in [4.69, 9.17) is 15.3 Å². The molecule has 1 aliphatic carbocycles. The standard InChI is InChI=1S/C33H44F5N5O3.C5H10O.C2H2/c1-5-15-40-42(4)16-8-9-25-11-13-32(3,14-12-25)23-46-30-27(18-26(35)19-28(30)36)29(39)10-6-7-17-43(22-33(37,38)21-34)41-20-24(2)31(44)45;1-3-5(2)4-6;1-2/h6-7,10-13,17-20,24,39-40H,5,8-9,14-16,21-23H2,1-4H3,(H,44,45);4-5H,3H2,1-2H3;1-2H/b10-6-,17-7+,39-29?,41-20-;;. The van der Waals surface area contributed by atoms with Gasteiger partial charge >= 0.3 is 5.97 Å². The molecule has 0 heterocycles. The van der Waals surface area contributed by atoms with Crippen LogP contribution in [0.4, 0.5) is 22.0 Å². The van der Waals surface area contributed by atoms with Gasteiger partial charge in [0, 0.05) is 55.5 Å². The number of benzene rings is 1. The van der Waals surface area contributed by atoms with Gasteiger partial charge in [-0.15, -0.1) is 12.8 Å². The van der Waals surface area contributed by atoms with Crippen molar-refractivity contribution in [2.24, 2.45) is 22.4 Å². The van der Waals surface area contributed by atoms with E-state index in [0.29, 0.717) is 17.5 Å². The minimum Gasteiger partial charge on any atom is -0.489 e. The van der Waals surface area contributed by atoms with Gasteiger partial charge in [-0.3, -0.25) is 15.2 Å². The van der Waals surface area contributed by atoms with E-state index in [-0.39, 0.29) is 29.5 Å². The summed E-state index contributed by atoms with van der Waals surface area (Å²) in [6, 6.07) is 1.63. The Hall–Kier alpha value is -4.61. The molecule has 1 aromatic carbocycles.